The zero-order valence-electron chi connectivity index (χ0n) is 10.2. The number of carbonyl (C=O) groups is 3. The zero-order chi connectivity index (χ0) is 14.0. The summed E-state index contributed by atoms with van der Waals surface area (Å²) in [7, 11) is 0. The van der Waals surface area contributed by atoms with Crippen molar-refractivity contribution in [3.05, 3.63) is 35.4 Å². The number of nitrogens with zero attached hydrogens (tertiary/aromatic N) is 1. The van der Waals surface area contributed by atoms with Crippen LogP contribution in [0.2, 0.25) is 0 Å². The van der Waals surface area contributed by atoms with Gasteiger partial charge in [0.15, 0.2) is 0 Å². The van der Waals surface area contributed by atoms with Gasteiger partial charge in [0.2, 0.25) is 0 Å². The minimum atomic E-state index is -1.19. The molecule has 1 aromatic carbocycles. The molecule has 2 amide bonds. The Hall–Kier alpha value is -2.21. The molecule has 6 heteroatoms. The molecule has 3 N–H and O–H groups in total. The van der Waals surface area contributed by atoms with Crippen LogP contribution < -0.4 is 5.73 Å². The van der Waals surface area contributed by atoms with E-state index >= 15 is 0 Å². The van der Waals surface area contributed by atoms with Crippen LogP contribution in [0.5, 0.6) is 0 Å². The molecule has 0 fully saturated rings. The third-order valence-electron chi connectivity index (χ3n) is 3.10. The third kappa shape index (κ3) is 2.22. The average molecular weight is 262 g/mol. The smallest absolute Gasteiger partial charge is 0.326 e. The molecule has 19 heavy (non-hydrogen) atoms. The van der Waals surface area contributed by atoms with Gasteiger partial charge in [-0.1, -0.05) is 12.1 Å². The molecular weight excluding hydrogens is 248 g/mol. The van der Waals surface area contributed by atoms with Crippen molar-refractivity contribution in [3.63, 3.8) is 0 Å². The second-order valence-corrected chi connectivity index (χ2v) is 4.31. The van der Waals surface area contributed by atoms with Gasteiger partial charge in [0.05, 0.1) is 11.1 Å². The molecule has 0 saturated carbocycles. The van der Waals surface area contributed by atoms with Gasteiger partial charge < -0.3 is 10.8 Å². The van der Waals surface area contributed by atoms with E-state index in [1.54, 1.807) is 12.1 Å². The van der Waals surface area contributed by atoms with E-state index in [0.717, 1.165) is 4.90 Å². The van der Waals surface area contributed by atoms with Crippen molar-refractivity contribution in [2.24, 2.45) is 5.73 Å². The number of benzene rings is 1. The molecule has 6 nitrogen and oxygen atoms in total. The molecule has 1 aliphatic heterocycles. The van der Waals surface area contributed by atoms with Gasteiger partial charge in [0.1, 0.15) is 6.04 Å². The van der Waals surface area contributed by atoms with Crippen LogP contribution in [0.25, 0.3) is 0 Å². The summed E-state index contributed by atoms with van der Waals surface area (Å²) in [5, 5.41) is 9.19. The molecule has 0 radical (unpaired) electrons. The molecule has 1 aliphatic rings. The molecule has 0 bridgehead atoms. The van der Waals surface area contributed by atoms with Crippen LogP contribution in [0.3, 0.4) is 0 Å². The van der Waals surface area contributed by atoms with E-state index in [9.17, 15) is 19.5 Å². The predicted molar refractivity (Wildman–Crippen MR) is 66.7 cm³/mol. The fourth-order valence-corrected chi connectivity index (χ4v) is 2.17. The van der Waals surface area contributed by atoms with Crippen LogP contribution in [0.4, 0.5) is 0 Å². The summed E-state index contributed by atoms with van der Waals surface area (Å²) in [4.78, 5) is 36.3. The van der Waals surface area contributed by atoms with Gasteiger partial charge >= 0.3 is 5.97 Å². The molecule has 0 aliphatic carbocycles. The molecule has 0 aromatic heterocycles. The lowest BCUT2D eigenvalue weighted by atomic mass is 10.1. The van der Waals surface area contributed by atoms with Gasteiger partial charge in [0.25, 0.3) is 11.8 Å². The van der Waals surface area contributed by atoms with E-state index in [1.807, 2.05) is 0 Å². The SMILES string of the molecule is NCCC[C@@H](C(=O)O)N1C(=O)c2ccccc2C1=O. The maximum atomic E-state index is 12.1. The van der Waals surface area contributed by atoms with Crippen LogP contribution in [-0.2, 0) is 4.79 Å². The Balaban J connectivity index is 2.33. The van der Waals surface area contributed by atoms with Crippen LogP contribution in [0.15, 0.2) is 24.3 Å². The Labute approximate surface area is 109 Å². The molecule has 1 heterocycles. The second kappa shape index (κ2) is 5.19. The Morgan fingerprint density at radius 2 is 1.74 bits per heavy atom. The molecular formula is C13H14N2O4. The summed E-state index contributed by atoms with van der Waals surface area (Å²) in [5.74, 6) is -2.29. The van der Waals surface area contributed by atoms with E-state index in [2.05, 4.69) is 0 Å². The van der Waals surface area contributed by atoms with E-state index in [1.165, 1.54) is 12.1 Å². The summed E-state index contributed by atoms with van der Waals surface area (Å²) < 4.78 is 0. The van der Waals surface area contributed by atoms with Crippen molar-refractivity contribution in [1.29, 1.82) is 0 Å². The fraction of sp³-hybridized carbons (Fsp3) is 0.308. The number of carboxylic acids is 1. The van der Waals surface area contributed by atoms with Gasteiger partial charge in [-0.05, 0) is 31.5 Å². The van der Waals surface area contributed by atoms with Crippen LogP contribution >= 0.6 is 0 Å². The summed E-state index contributed by atoms with van der Waals surface area (Å²) in [6, 6.07) is 5.18. The normalized spacial score (nSPS) is 15.5. The highest BCUT2D eigenvalue weighted by molar-refractivity contribution is 6.22. The maximum Gasteiger partial charge on any atom is 0.326 e. The monoisotopic (exact) mass is 262 g/mol. The fourth-order valence-electron chi connectivity index (χ4n) is 2.17. The first kappa shape index (κ1) is 13.2. The van der Waals surface area contributed by atoms with Crippen molar-refractivity contribution in [2.45, 2.75) is 18.9 Å². The maximum absolute atomic E-state index is 12.1. The summed E-state index contributed by atoms with van der Waals surface area (Å²) >= 11 is 0. The molecule has 0 saturated heterocycles. The zero-order valence-corrected chi connectivity index (χ0v) is 10.2. The number of nitrogens with two attached hydrogens (primary N) is 1. The van der Waals surface area contributed by atoms with E-state index < -0.39 is 23.8 Å². The summed E-state index contributed by atoms with van der Waals surface area (Å²) in [5.41, 5.74) is 5.86. The number of hydrogen-bond donors (Lipinski definition) is 2. The van der Waals surface area contributed by atoms with Crippen molar-refractivity contribution < 1.29 is 19.5 Å². The van der Waals surface area contributed by atoms with Crippen LogP contribution in [0.1, 0.15) is 33.6 Å². The number of aliphatic carboxylic acids is 1. The quantitative estimate of drug-likeness (QED) is 0.751. The van der Waals surface area contributed by atoms with Crippen LogP contribution in [-0.4, -0.2) is 40.4 Å². The molecule has 0 spiro atoms. The van der Waals surface area contributed by atoms with Crippen molar-refractivity contribution in [1.82, 2.24) is 4.90 Å². The number of rotatable bonds is 5. The topological polar surface area (TPSA) is 101 Å². The average Bonchev–Trinajstić information content (AvgIpc) is 2.64. The Bertz CT molecular complexity index is 506. The first-order chi connectivity index (χ1) is 9.07. The number of fused-ring (bicyclic) bond motifs is 1. The molecule has 1 aromatic rings. The van der Waals surface area contributed by atoms with Gasteiger partial charge in [-0.2, -0.15) is 0 Å². The lowest BCUT2D eigenvalue weighted by molar-refractivity contribution is -0.141. The standard InChI is InChI=1S/C13H14N2O4/c14-7-3-6-10(13(18)19)15-11(16)8-4-1-2-5-9(8)12(15)17/h1-2,4-5,10H,3,6-7,14H2,(H,18,19)/t10-/m0/s1. The van der Waals surface area contributed by atoms with Crippen molar-refractivity contribution >= 4 is 17.8 Å². The van der Waals surface area contributed by atoms with Crippen molar-refractivity contribution in [3.8, 4) is 0 Å². The van der Waals surface area contributed by atoms with E-state index in [0.29, 0.717) is 13.0 Å². The van der Waals surface area contributed by atoms with E-state index in [-0.39, 0.29) is 17.5 Å². The van der Waals surface area contributed by atoms with Crippen molar-refractivity contribution in [2.75, 3.05) is 6.54 Å². The first-order valence-corrected chi connectivity index (χ1v) is 5.97. The number of amides is 2. The third-order valence-corrected chi connectivity index (χ3v) is 3.10. The highest BCUT2D eigenvalue weighted by Gasteiger charge is 2.42. The Kier molecular flexibility index (Phi) is 3.62. The van der Waals surface area contributed by atoms with Gasteiger partial charge in [0, 0.05) is 0 Å². The second-order valence-electron chi connectivity index (χ2n) is 4.31. The number of carbonyl (C=O) groups excluding carboxylic acids is 2. The molecule has 2 rings (SSSR count). The molecule has 1 atom stereocenters. The largest absolute Gasteiger partial charge is 0.480 e. The lowest BCUT2D eigenvalue weighted by Crippen LogP contribution is -2.45. The lowest BCUT2D eigenvalue weighted by Gasteiger charge is -2.22. The Morgan fingerprint density at radius 1 is 1.21 bits per heavy atom. The van der Waals surface area contributed by atoms with E-state index in [4.69, 9.17) is 5.73 Å². The minimum Gasteiger partial charge on any atom is -0.480 e. The summed E-state index contributed by atoms with van der Waals surface area (Å²) in [6.45, 7) is 0.312. The van der Waals surface area contributed by atoms with Gasteiger partial charge in [-0.25, -0.2) is 4.79 Å². The number of hydrogen-bond acceptors (Lipinski definition) is 4. The van der Waals surface area contributed by atoms with Gasteiger partial charge in [-0.3, -0.25) is 14.5 Å². The summed E-state index contributed by atoms with van der Waals surface area (Å²) in [6.07, 6.45) is 0.599. The van der Waals surface area contributed by atoms with Crippen LogP contribution in [0, 0.1) is 0 Å². The predicted octanol–water partition coefficient (Wildman–Crippen LogP) is 0.475. The van der Waals surface area contributed by atoms with Gasteiger partial charge in [-0.15, -0.1) is 0 Å². The highest BCUT2D eigenvalue weighted by Crippen LogP contribution is 2.25. The highest BCUT2D eigenvalue weighted by atomic mass is 16.4. The number of imide groups is 1. The minimum absolute atomic E-state index is 0.164. The molecule has 100 valence electrons. The number of carboxylic acid groups (broad SMARTS) is 1. The Morgan fingerprint density at radius 3 is 2.16 bits per heavy atom. The molecule has 0 unspecified atom stereocenters. The first-order valence-electron chi connectivity index (χ1n) is 5.97.